The van der Waals surface area contributed by atoms with Crippen molar-refractivity contribution < 1.29 is 9.53 Å². The molecule has 4 rings (SSSR count). The van der Waals surface area contributed by atoms with Crippen LogP contribution in [0.4, 0.5) is 0 Å². The summed E-state index contributed by atoms with van der Waals surface area (Å²) in [4.78, 5) is 21.5. The van der Waals surface area contributed by atoms with Crippen LogP contribution in [-0.2, 0) is 11.3 Å². The summed E-state index contributed by atoms with van der Waals surface area (Å²) in [5, 5.41) is 0. The van der Waals surface area contributed by atoms with Gasteiger partial charge in [0.2, 0.25) is 5.91 Å². The van der Waals surface area contributed by atoms with Crippen LogP contribution < -0.4 is 4.74 Å². The summed E-state index contributed by atoms with van der Waals surface area (Å²) in [6, 6.07) is 11.9. The van der Waals surface area contributed by atoms with Crippen molar-refractivity contribution in [2.45, 2.75) is 44.7 Å². The first-order chi connectivity index (χ1) is 13.3. The molecule has 1 aromatic heterocycles. The van der Waals surface area contributed by atoms with Crippen molar-refractivity contribution in [3.8, 4) is 11.5 Å². The van der Waals surface area contributed by atoms with Crippen LogP contribution in [0.3, 0.4) is 0 Å². The number of piperidine rings is 1. The summed E-state index contributed by atoms with van der Waals surface area (Å²) in [7, 11) is 0. The molecule has 142 valence electrons. The van der Waals surface area contributed by atoms with Crippen LogP contribution in [0.25, 0.3) is 0 Å². The number of aromatic nitrogens is 1. The Labute approximate surface area is 161 Å². The van der Waals surface area contributed by atoms with Crippen LogP contribution in [0.2, 0.25) is 0 Å². The van der Waals surface area contributed by atoms with Gasteiger partial charge in [-0.15, -0.1) is 0 Å². The van der Waals surface area contributed by atoms with Gasteiger partial charge in [-0.3, -0.25) is 14.7 Å². The summed E-state index contributed by atoms with van der Waals surface area (Å²) in [6.45, 7) is 3.54. The van der Waals surface area contributed by atoms with Gasteiger partial charge in [-0.05, 0) is 50.4 Å². The summed E-state index contributed by atoms with van der Waals surface area (Å²) < 4.78 is 6.06. The number of likely N-dealkylation sites (tertiary alicyclic amines) is 2. The Morgan fingerprint density at radius 1 is 1.04 bits per heavy atom. The number of amides is 1. The van der Waals surface area contributed by atoms with Gasteiger partial charge in [0.25, 0.3) is 0 Å². The minimum absolute atomic E-state index is 0.00305. The maximum Gasteiger partial charge on any atom is 0.239 e. The lowest BCUT2D eigenvalue weighted by Crippen LogP contribution is -2.49. The molecule has 2 fully saturated rings. The van der Waals surface area contributed by atoms with Gasteiger partial charge in [0.15, 0.2) is 0 Å². The lowest BCUT2D eigenvalue weighted by Gasteiger charge is -2.37. The van der Waals surface area contributed by atoms with Crippen molar-refractivity contribution in [2.75, 3.05) is 19.6 Å². The van der Waals surface area contributed by atoms with E-state index in [0.29, 0.717) is 5.91 Å². The van der Waals surface area contributed by atoms with Gasteiger partial charge in [-0.25, -0.2) is 0 Å². The fourth-order valence-corrected chi connectivity index (χ4v) is 4.10. The highest BCUT2D eigenvalue weighted by Crippen LogP contribution is 2.29. The molecule has 2 saturated heterocycles. The van der Waals surface area contributed by atoms with Crippen LogP contribution >= 0.6 is 0 Å². The van der Waals surface area contributed by atoms with Crippen LogP contribution in [0.15, 0.2) is 48.8 Å². The SMILES string of the molecule is O=C(C1CCCCN1Cc1ccccc1Oc1cccnc1)N1CCCC1. The fourth-order valence-electron chi connectivity index (χ4n) is 4.10. The number of pyridine rings is 1. The number of hydrogen-bond donors (Lipinski definition) is 0. The predicted octanol–water partition coefficient (Wildman–Crippen LogP) is 3.85. The summed E-state index contributed by atoms with van der Waals surface area (Å²) in [5.41, 5.74) is 1.11. The molecule has 0 bridgehead atoms. The van der Waals surface area contributed by atoms with Crippen molar-refractivity contribution in [3.05, 3.63) is 54.4 Å². The van der Waals surface area contributed by atoms with Crippen LogP contribution in [-0.4, -0.2) is 46.4 Å². The second-order valence-corrected chi connectivity index (χ2v) is 7.41. The molecule has 2 aliphatic heterocycles. The smallest absolute Gasteiger partial charge is 0.239 e. The fraction of sp³-hybridized carbons (Fsp3) is 0.455. The Bertz CT molecular complexity index is 759. The molecule has 0 spiro atoms. The molecule has 0 saturated carbocycles. The third-order valence-electron chi connectivity index (χ3n) is 5.52. The van der Waals surface area contributed by atoms with Gasteiger partial charge < -0.3 is 9.64 Å². The van der Waals surface area contributed by atoms with Crippen molar-refractivity contribution in [1.29, 1.82) is 0 Å². The Morgan fingerprint density at radius 2 is 1.85 bits per heavy atom. The van der Waals surface area contributed by atoms with Crippen LogP contribution in [0.5, 0.6) is 11.5 Å². The lowest BCUT2D eigenvalue weighted by atomic mass is 9.99. The summed E-state index contributed by atoms with van der Waals surface area (Å²) in [5.74, 6) is 1.88. The Balaban J connectivity index is 1.50. The number of hydrogen-bond acceptors (Lipinski definition) is 4. The molecular weight excluding hydrogens is 338 g/mol. The molecule has 3 heterocycles. The van der Waals surface area contributed by atoms with Crippen molar-refractivity contribution in [1.82, 2.24) is 14.8 Å². The first-order valence-electron chi connectivity index (χ1n) is 10.00. The van der Waals surface area contributed by atoms with E-state index in [1.165, 1.54) is 0 Å². The standard InChI is InChI=1S/C22H27N3O2/c26-22(24-13-5-6-14-24)20-10-3-4-15-25(20)17-18-8-1-2-11-21(18)27-19-9-7-12-23-16-19/h1-2,7-9,11-12,16,20H,3-6,10,13-15,17H2. The van der Waals surface area contributed by atoms with E-state index >= 15 is 0 Å². The van der Waals surface area contributed by atoms with E-state index in [9.17, 15) is 4.79 Å². The highest BCUT2D eigenvalue weighted by atomic mass is 16.5. The molecule has 0 N–H and O–H groups in total. The third kappa shape index (κ3) is 4.30. The second kappa shape index (κ2) is 8.53. The number of nitrogens with zero attached hydrogens (tertiary/aromatic N) is 3. The number of rotatable bonds is 5. The molecule has 0 radical (unpaired) electrons. The molecular formula is C22H27N3O2. The first-order valence-corrected chi connectivity index (χ1v) is 10.00. The molecule has 2 aliphatic rings. The molecule has 1 atom stereocenters. The van der Waals surface area contributed by atoms with Gasteiger partial charge in [-0.1, -0.05) is 24.6 Å². The van der Waals surface area contributed by atoms with Crippen LogP contribution in [0.1, 0.15) is 37.7 Å². The first kappa shape index (κ1) is 18.0. The van der Waals surface area contributed by atoms with Crippen molar-refractivity contribution in [3.63, 3.8) is 0 Å². The van der Waals surface area contributed by atoms with Crippen molar-refractivity contribution >= 4 is 5.91 Å². The molecule has 2 aromatic rings. The van der Waals surface area contributed by atoms with Gasteiger partial charge in [0.1, 0.15) is 11.5 Å². The molecule has 5 heteroatoms. The zero-order valence-electron chi connectivity index (χ0n) is 15.7. The van der Waals surface area contributed by atoms with Crippen molar-refractivity contribution in [2.24, 2.45) is 0 Å². The van der Waals surface area contributed by atoms with Gasteiger partial charge >= 0.3 is 0 Å². The molecule has 0 aliphatic carbocycles. The van der Waals surface area contributed by atoms with Gasteiger partial charge in [0.05, 0.1) is 12.2 Å². The zero-order chi connectivity index (χ0) is 18.5. The van der Waals surface area contributed by atoms with E-state index in [1.54, 1.807) is 12.4 Å². The number of benzene rings is 1. The number of para-hydroxylation sites is 1. The Kier molecular flexibility index (Phi) is 5.68. The minimum atomic E-state index is 0.00305. The molecule has 5 nitrogen and oxygen atoms in total. The van der Waals surface area contributed by atoms with E-state index < -0.39 is 0 Å². The maximum absolute atomic E-state index is 13.0. The third-order valence-corrected chi connectivity index (χ3v) is 5.52. The van der Waals surface area contributed by atoms with Crippen LogP contribution in [0, 0.1) is 0 Å². The summed E-state index contributed by atoms with van der Waals surface area (Å²) in [6.07, 6.45) is 8.98. The predicted molar refractivity (Wildman–Crippen MR) is 105 cm³/mol. The Morgan fingerprint density at radius 3 is 2.67 bits per heavy atom. The number of ether oxygens (including phenoxy) is 1. The molecule has 1 amide bonds. The normalized spacial score (nSPS) is 20.6. The Hall–Kier alpha value is -2.40. The lowest BCUT2D eigenvalue weighted by molar-refractivity contribution is -0.137. The van der Waals surface area contributed by atoms with E-state index in [2.05, 4.69) is 20.9 Å². The molecule has 27 heavy (non-hydrogen) atoms. The average Bonchev–Trinajstić information content (AvgIpc) is 3.25. The number of carbonyl (C=O) groups excluding carboxylic acids is 1. The van der Waals surface area contributed by atoms with E-state index in [0.717, 1.165) is 75.3 Å². The average molecular weight is 365 g/mol. The molecule has 1 aromatic carbocycles. The van der Waals surface area contributed by atoms with Gasteiger partial charge in [-0.2, -0.15) is 0 Å². The number of carbonyl (C=O) groups is 1. The highest BCUT2D eigenvalue weighted by Gasteiger charge is 2.33. The monoisotopic (exact) mass is 365 g/mol. The second-order valence-electron chi connectivity index (χ2n) is 7.41. The van der Waals surface area contributed by atoms with Gasteiger partial charge in [0, 0.05) is 31.4 Å². The largest absolute Gasteiger partial charge is 0.455 e. The van der Waals surface area contributed by atoms with E-state index in [4.69, 9.17) is 4.74 Å². The highest BCUT2D eigenvalue weighted by molar-refractivity contribution is 5.82. The zero-order valence-corrected chi connectivity index (χ0v) is 15.7. The topological polar surface area (TPSA) is 45.7 Å². The maximum atomic E-state index is 13.0. The quantitative estimate of drug-likeness (QED) is 0.807. The minimum Gasteiger partial charge on any atom is -0.455 e. The van der Waals surface area contributed by atoms with E-state index in [-0.39, 0.29) is 6.04 Å². The molecule has 1 unspecified atom stereocenters. The van der Waals surface area contributed by atoms with E-state index in [1.807, 2.05) is 30.3 Å². The summed E-state index contributed by atoms with van der Waals surface area (Å²) >= 11 is 0.